The van der Waals surface area contributed by atoms with E-state index in [0.717, 1.165) is 17.2 Å². The average molecular weight is 553 g/mol. The Morgan fingerprint density at radius 3 is 2.39 bits per heavy atom. The van der Waals surface area contributed by atoms with Crippen molar-refractivity contribution in [2.75, 3.05) is 0 Å². The molecule has 0 radical (unpaired) electrons. The lowest BCUT2D eigenvalue weighted by Gasteiger charge is -2.47. The number of esters is 1. The first-order valence-corrected chi connectivity index (χ1v) is 13.4. The van der Waals surface area contributed by atoms with E-state index in [-0.39, 0.29) is 35.5 Å². The molecule has 8 heteroatoms. The number of hydrogen-bond donors (Lipinski definition) is 2. The van der Waals surface area contributed by atoms with Gasteiger partial charge in [-0.05, 0) is 23.3 Å². The van der Waals surface area contributed by atoms with Crippen LogP contribution < -0.4 is 4.74 Å². The molecule has 0 spiro atoms. The van der Waals surface area contributed by atoms with E-state index >= 15 is 0 Å². The van der Waals surface area contributed by atoms with Crippen molar-refractivity contribution in [2.45, 2.75) is 43.5 Å². The first kappa shape index (κ1) is 26.6. The van der Waals surface area contributed by atoms with Crippen molar-refractivity contribution in [2.24, 2.45) is 0 Å². The highest BCUT2D eigenvalue weighted by molar-refractivity contribution is 6.11. The Kier molecular flexibility index (Phi) is 7.17. The highest BCUT2D eigenvalue weighted by Crippen LogP contribution is 2.54. The number of phenols is 2. The average Bonchev–Trinajstić information content (AvgIpc) is 2.96. The summed E-state index contributed by atoms with van der Waals surface area (Å²) in [7, 11) is 0. The second kappa shape index (κ2) is 11.1. The van der Waals surface area contributed by atoms with E-state index in [4.69, 9.17) is 18.9 Å². The van der Waals surface area contributed by atoms with Gasteiger partial charge < -0.3 is 29.2 Å². The predicted molar refractivity (Wildman–Crippen MR) is 150 cm³/mol. The van der Waals surface area contributed by atoms with Gasteiger partial charge in [0.05, 0.1) is 11.7 Å². The number of carbonyl (C=O) groups is 2. The summed E-state index contributed by atoms with van der Waals surface area (Å²) < 4.78 is 24.5. The second-order valence-corrected chi connectivity index (χ2v) is 10.1. The summed E-state index contributed by atoms with van der Waals surface area (Å²) in [6.07, 6.45) is 8.56. The van der Waals surface area contributed by atoms with Crippen LogP contribution in [0.4, 0.5) is 0 Å². The molecule has 8 nitrogen and oxygen atoms in total. The highest BCUT2D eigenvalue weighted by atomic mass is 16.8. The number of carbonyl (C=O) groups excluding carboxylic acids is 2. The van der Waals surface area contributed by atoms with Crippen molar-refractivity contribution in [1.82, 2.24) is 0 Å². The van der Waals surface area contributed by atoms with Crippen molar-refractivity contribution in [3.8, 4) is 17.2 Å². The molecule has 208 valence electrons. The van der Waals surface area contributed by atoms with Gasteiger partial charge >= 0.3 is 5.97 Å². The number of ether oxygens (including phenoxy) is 4. The molecule has 3 aliphatic heterocycles. The van der Waals surface area contributed by atoms with Crippen molar-refractivity contribution >= 4 is 23.9 Å². The van der Waals surface area contributed by atoms with E-state index in [1.807, 2.05) is 66.7 Å². The van der Waals surface area contributed by atoms with Crippen molar-refractivity contribution in [3.05, 3.63) is 113 Å². The molecular weight excluding hydrogens is 524 g/mol. The highest BCUT2D eigenvalue weighted by Gasteiger charge is 2.51. The quantitative estimate of drug-likeness (QED) is 0.213. The smallest absolute Gasteiger partial charge is 0.330 e. The monoisotopic (exact) mass is 552 g/mol. The molecule has 0 aromatic heterocycles. The number of hydrogen-bond acceptors (Lipinski definition) is 8. The maximum atomic E-state index is 13.4. The summed E-state index contributed by atoms with van der Waals surface area (Å²) in [5, 5.41) is 21.7. The van der Waals surface area contributed by atoms with Crippen molar-refractivity contribution < 1.29 is 38.7 Å². The molecule has 1 fully saturated rings. The predicted octanol–water partition coefficient (Wildman–Crippen LogP) is 5.86. The van der Waals surface area contributed by atoms with Gasteiger partial charge in [-0.25, -0.2) is 4.79 Å². The maximum absolute atomic E-state index is 13.4. The van der Waals surface area contributed by atoms with Gasteiger partial charge in [0.15, 0.2) is 12.1 Å². The van der Waals surface area contributed by atoms with E-state index in [1.54, 1.807) is 18.2 Å². The van der Waals surface area contributed by atoms with Crippen molar-refractivity contribution in [1.29, 1.82) is 0 Å². The molecule has 0 aliphatic carbocycles. The van der Waals surface area contributed by atoms with E-state index in [1.165, 1.54) is 12.2 Å². The third kappa shape index (κ3) is 5.66. The summed E-state index contributed by atoms with van der Waals surface area (Å²) >= 11 is 0. The Hall–Kier alpha value is -4.66. The van der Waals surface area contributed by atoms with Gasteiger partial charge in [-0.3, -0.25) is 4.79 Å². The van der Waals surface area contributed by atoms with Crippen molar-refractivity contribution in [3.63, 3.8) is 0 Å². The molecule has 0 unspecified atom stereocenters. The van der Waals surface area contributed by atoms with Crippen LogP contribution in [0.15, 0.2) is 91.0 Å². The number of allylic oxidation sites excluding steroid dienone is 1. The normalized spacial score (nSPS) is 25.1. The first-order chi connectivity index (χ1) is 19.9. The van der Waals surface area contributed by atoms with Crippen LogP contribution >= 0.6 is 0 Å². The fourth-order valence-electron chi connectivity index (χ4n) is 5.28. The summed E-state index contributed by atoms with van der Waals surface area (Å²) in [5.41, 5.74) is 1.84. The van der Waals surface area contributed by atoms with E-state index in [0.29, 0.717) is 6.42 Å². The topological polar surface area (TPSA) is 112 Å². The van der Waals surface area contributed by atoms with Crippen LogP contribution in [0.1, 0.15) is 52.4 Å². The van der Waals surface area contributed by atoms with E-state index in [9.17, 15) is 19.8 Å². The Morgan fingerprint density at radius 2 is 1.68 bits per heavy atom. The number of aromatic hydroxyl groups is 2. The molecule has 1 saturated heterocycles. The Labute approximate surface area is 236 Å². The number of ketones is 1. The zero-order chi connectivity index (χ0) is 28.4. The molecule has 3 aromatic carbocycles. The van der Waals surface area contributed by atoms with Gasteiger partial charge in [0.25, 0.3) is 0 Å². The fourth-order valence-corrected chi connectivity index (χ4v) is 5.28. The molecule has 3 aromatic rings. The molecule has 0 amide bonds. The Bertz CT molecular complexity index is 1540. The lowest BCUT2D eigenvalue weighted by atomic mass is 9.90. The van der Waals surface area contributed by atoms with Gasteiger partial charge in [0.1, 0.15) is 28.9 Å². The lowest BCUT2D eigenvalue weighted by molar-refractivity contribution is -0.336. The minimum absolute atomic E-state index is 0.00958. The van der Waals surface area contributed by atoms with Crippen LogP contribution in [-0.2, 0) is 19.0 Å². The number of benzene rings is 3. The molecule has 41 heavy (non-hydrogen) atoms. The molecule has 4 atom stereocenters. The van der Waals surface area contributed by atoms with Crippen LogP contribution in [0.25, 0.3) is 12.2 Å². The van der Waals surface area contributed by atoms with Crippen LogP contribution in [0.3, 0.4) is 0 Å². The molecule has 3 aliphatic rings. The zero-order valence-corrected chi connectivity index (χ0v) is 22.0. The van der Waals surface area contributed by atoms with E-state index < -0.39 is 41.8 Å². The summed E-state index contributed by atoms with van der Waals surface area (Å²) in [4.78, 5) is 25.2. The van der Waals surface area contributed by atoms with Crippen LogP contribution in [-0.4, -0.2) is 40.1 Å². The summed E-state index contributed by atoms with van der Waals surface area (Å²) in [5.74, 6) is -3.05. The number of rotatable bonds is 7. The molecule has 2 N–H and O–H groups in total. The molecular formula is C33H28O8. The van der Waals surface area contributed by atoms with Crippen LogP contribution in [0, 0.1) is 0 Å². The minimum atomic E-state index is -1.40. The zero-order valence-electron chi connectivity index (χ0n) is 22.0. The maximum Gasteiger partial charge on any atom is 0.330 e. The van der Waals surface area contributed by atoms with Gasteiger partial charge in [-0.2, -0.15) is 0 Å². The fraction of sp³-hybridized carbons (Fsp3) is 0.212. The Balaban J connectivity index is 1.38. The minimum Gasteiger partial charge on any atom is -0.507 e. The first-order valence-electron chi connectivity index (χ1n) is 13.4. The number of fused-ring (bicyclic) bond motifs is 4. The largest absolute Gasteiger partial charge is 0.507 e. The third-order valence-corrected chi connectivity index (χ3v) is 7.18. The van der Waals surface area contributed by atoms with E-state index in [2.05, 4.69) is 0 Å². The summed E-state index contributed by atoms with van der Waals surface area (Å²) in [6.45, 7) is 0. The standard InChI is InChI=1S/C33H28O8/c34-24(15-14-21-8-3-1-4-9-21)30-25(35)19-26(36)31-27-20-33(41-32(30)31,17-16-22-10-5-2-6-11-22)40-29(39-27)18-23-12-7-13-28(37)38-23/h1-11,13-17,19,23,27,29,35-36H,12,18,20H2/b15-14+,17-16+/t23-,27+,29+,33+/m1/s1. The lowest BCUT2D eigenvalue weighted by Crippen LogP contribution is -2.51. The summed E-state index contributed by atoms with van der Waals surface area (Å²) in [6, 6.07) is 20.0. The molecule has 2 bridgehead atoms. The SMILES string of the molecule is O=C1C=CC[C@H](C[C@H]2O[C@H]3C[C@](/C=C/c4ccccc4)(Oc4c(C(=O)/C=C/c5ccccc5)c(O)cc(O)c43)O2)O1. The second-order valence-electron chi connectivity index (χ2n) is 10.1. The van der Waals surface area contributed by atoms with Gasteiger partial charge in [-0.1, -0.05) is 78.9 Å². The molecule has 0 saturated carbocycles. The molecule has 6 rings (SSSR count). The van der Waals surface area contributed by atoms with Gasteiger partial charge in [0, 0.05) is 31.4 Å². The van der Waals surface area contributed by atoms with Gasteiger partial charge in [-0.15, -0.1) is 0 Å². The van der Waals surface area contributed by atoms with Crippen LogP contribution in [0.5, 0.6) is 17.2 Å². The number of cyclic esters (lactones) is 1. The van der Waals surface area contributed by atoms with Gasteiger partial charge in [0.2, 0.25) is 5.79 Å². The number of phenolic OH excluding ortho intramolecular Hbond substituents is 2. The third-order valence-electron chi connectivity index (χ3n) is 7.18. The van der Waals surface area contributed by atoms with Crippen LogP contribution in [0.2, 0.25) is 0 Å². The Morgan fingerprint density at radius 1 is 0.976 bits per heavy atom. The molecule has 3 heterocycles.